The zero-order chi connectivity index (χ0) is 14.5. The summed E-state index contributed by atoms with van der Waals surface area (Å²) in [4.78, 5) is 5.29. The van der Waals surface area contributed by atoms with E-state index < -0.39 is 0 Å². The second-order valence-electron chi connectivity index (χ2n) is 6.43. The molecule has 0 saturated carbocycles. The van der Waals surface area contributed by atoms with Gasteiger partial charge in [0.25, 0.3) is 0 Å². The minimum absolute atomic E-state index is 0. The van der Waals surface area contributed by atoms with E-state index in [-0.39, 0.29) is 22.4 Å². The van der Waals surface area contributed by atoms with Crippen LogP contribution in [0.4, 0.5) is 0 Å². The highest BCUT2D eigenvalue weighted by Crippen LogP contribution is 2.27. The lowest BCUT2D eigenvalue weighted by atomic mass is 9.93. The molecule has 0 aliphatic heterocycles. The highest BCUT2D eigenvalue weighted by molar-refractivity contribution is 9.09. The smallest absolute Gasteiger partial charge is 0.215 e. The Morgan fingerprint density at radius 3 is 2.38 bits per heavy atom. The van der Waals surface area contributed by atoms with Crippen molar-refractivity contribution in [1.29, 1.82) is 0 Å². The Labute approximate surface area is 144 Å². The van der Waals surface area contributed by atoms with Gasteiger partial charge >= 0.3 is 0 Å². The van der Waals surface area contributed by atoms with Gasteiger partial charge in [0, 0.05) is 23.0 Å². The van der Waals surface area contributed by atoms with Crippen molar-refractivity contribution >= 4 is 49.7 Å². The van der Waals surface area contributed by atoms with E-state index in [0.717, 1.165) is 18.0 Å². The second-order valence-corrected chi connectivity index (χ2v) is 7.99. The summed E-state index contributed by atoms with van der Waals surface area (Å²) in [7, 11) is 0. The monoisotopic (exact) mass is 413 g/mol. The predicted octanol–water partition coefficient (Wildman–Crippen LogP) is 4.95. The number of benzene rings is 1. The molecule has 1 aromatic carbocycles. The number of fused-ring (bicyclic) bond motifs is 3. The van der Waals surface area contributed by atoms with Gasteiger partial charge in [0.1, 0.15) is 0 Å². The maximum Gasteiger partial charge on any atom is 0.215 e. The molecule has 21 heavy (non-hydrogen) atoms. The summed E-state index contributed by atoms with van der Waals surface area (Å²) in [6.45, 7) is 9.69. The van der Waals surface area contributed by atoms with Crippen LogP contribution in [0.5, 0.6) is 0 Å². The Balaban J connectivity index is 0.00000161. The number of para-hydroxylation sites is 2. The number of nitrogens with zero attached hydrogens (tertiary/aromatic N) is 3. The summed E-state index contributed by atoms with van der Waals surface area (Å²) >= 11 is 3.66. The molecule has 1 unspecified atom stereocenters. The van der Waals surface area contributed by atoms with Crippen molar-refractivity contribution in [3.63, 3.8) is 0 Å². The maximum atomic E-state index is 4.88. The third-order valence-corrected chi connectivity index (χ3v) is 3.85. The van der Waals surface area contributed by atoms with Gasteiger partial charge in [0.05, 0.1) is 16.7 Å². The number of aromatic nitrogens is 3. The Morgan fingerprint density at radius 1 is 1.19 bits per heavy atom. The minimum Gasteiger partial charge on any atom is -0.308 e. The lowest BCUT2D eigenvalue weighted by Crippen LogP contribution is -2.12. The molecule has 0 saturated heterocycles. The number of hydrogen-bond acceptors (Lipinski definition) is 1. The molecular weight excluding hydrogens is 394 g/mol. The predicted molar refractivity (Wildman–Crippen MR) is 98.1 cm³/mol. The fourth-order valence-corrected chi connectivity index (χ4v) is 2.82. The first kappa shape index (κ1) is 16.6. The molecule has 0 bridgehead atoms. The number of hydrogen-bond donors (Lipinski definition) is 0. The standard InChI is InChI=1S/C16H20BrN3.BrH/c1-11(17)9-19-12-7-5-6-8-13(12)20-10-14(16(2,3)4)18-15(19)20;/h5-8,10-11H,9H2,1-4H3;1H. The summed E-state index contributed by atoms with van der Waals surface area (Å²) in [5, 5.41) is 0. The van der Waals surface area contributed by atoms with Gasteiger partial charge in [-0.05, 0) is 12.1 Å². The highest BCUT2D eigenvalue weighted by atomic mass is 79.9. The van der Waals surface area contributed by atoms with Crippen LogP contribution in [0.25, 0.3) is 16.8 Å². The molecule has 0 fully saturated rings. The molecule has 3 rings (SSSR count). The van der Waals surface area contributed by atoms with E-state index in [4.69, 9.17) is 4.98 Å². The zero-order valence-electron chi connectivity index (χ0n) is 12.8. The maximum absolute atomic E-state index is 4.88. The van der Waals surface area contributed by atoms with Gasteiger partial charge < -0.3 is 4.57 Å². The SMILES string of the molecule is Br.CC(Br)Cn1c2ccccc2n2cc(C(C)(C)C)nc12. The lowest BCUT2D eigenvalue weighted by Gasteiger charge is -2.14. The molecule has 0 aliphatic rings. The van der Waals surface area contributed by atoms with E-state index in [2.05, 4.69) is 83.1 Å². The van der Waals surface area contributed by atoms with Gasteiger partial charge in [-0.2, -0.15) is 0 Å². The average Bonchev–Trinajstić information content (AvgIpc) is 2.89. The minimum atomic E-state index is 0. The Hall–Kier alpha value is -0.810. The third-order valence-electron chi connectivity index (χ3n) is 3.56. The van der Waals surface area contributed by atoms with Gasteiger partial charge in [-0.1, -0.05) is 55.8 Å². The molecule has 0 radical (unpaired) electrons. The van der Waals surface area contributed by atoms with Crippen molar-refractivity contribution in [1.82, 2.24) is 14.0 Å². The van der Waals surface area contributed by atoms with Crippen molar-refractivity contribution in [3.05, 3.63) is 36.2 Å². The van der Waals surface area contributed by atoms with Crippen LogP contribution in [0.15, 0.2) is 30.5 Å². The third kappa shape index (κ3) is 2.90. The number of halogens is 2. The summed E-state index contributed by atoms with van der Waals surface area (Å²) in [5.41, 5.74) is 3.66. The first-order chi connectivity index (χ1) is 9.38. The van der Waals surface area contributed by atoms with E-state index in [1.807, 2.05) is 0 Å². The molecule has 3 aromatic rings. The molecular formula is C16H21Br2N3. The lowest BCUT2D eigenvalue weighted by molar-refractivity contribution is 0.572. The van der Waals surface area contributed by atoms with Crippen molar-refractivity contribution in [3.8, 4) is 0 Å². The van der Waals surface area contributed by atoms with Gasteiger partial charge in [-0.15, -0.1) is 17.0 Å². The van der Waals surface area contributed by atoms with Crippen molar-refractivity contribution in [2.24, 2.45) is 0 Å². The van der Waals surface area contributed by atoms with Gasteiger partial charge in [0.15, 0.2) is 0 Å². The van der Waals surface area contributed by atoms with Crippen molar-refractivity contribution in [2.75, 3.05) is 0 Å². The van der Waals surface area contributed by atoms with Crippen molar-refractivity contribution < 1.29 is 0 Å². The van der Waals surface area contributed by atoms with E-state index in [9.17, 15) is 0 Å². The fourth-order valence-electron chi connectivity index (χ4n) is 2.53. The Kier molecular flexibility index (Phi) is 4.54. The largest absolute Gasteiger partial charge is 0.308 e. The zero-order valence-corrected chi connectivity index (χ0v) is 16.1. The molecule has 3 nitrogen and oxygen atoms in total. The normalized spacial score (nSPS) is 13.6. The van der Waals surface area contributed by atoms with Crippen molar-refractivity contribution in [2.45, 2.75) is 44.5 Å². The van der Waals surface area contributed by atoms with E-state index in [1.165, 1.54) is 11.0 Å². The summed E-state index contributed by atoms with van der Waals surface area (Å²) in [6.07, 6.45) is 2.17. The molecule has 5 heteroatoms. The van der Waals surface area contributed by atoms with Crippen LogP contribution in [0, 0.1) is 0 Å². The second kappa shape index (κ2) is 5.76. The summed E-state index contributed by atoms with van der Waals surface area (Å²) in [5.74, 6) is 1.03. The first-order valence-electron chi connectivity index (χ1n) is 6.99. The van der Waals surface area contributed by atoms with Crippen LogP contribution in [-0.2, 0) is 12.0 Å². The highest BCUT2D eigenvalue weighted by Gasteiger charge is 2.21. The molecule has 0 N–H and O–H groups in total. The fraction of sp³-hybridized carbons (Fsp3) is 0.438. The average molecular weight is 415 g/mol. The molecule has 0 amide bonds. The quantitative estimate of drug-likeness (QED) is 0.544. The Bertz CT molecular complexity index is 763. The van der Waals surface area contributed by atoms with Crippen LogP contribution >= 0.6 is 32.9 Å². The summed E-state index contributed by atoms with van der Waals surface area (Å²) in [6, 6.07) is 8.49. The molecule has 0 aliphatic carbocycles. The topological polar surface area (TPSA) is 22.2 Å². The first-order valence-corrected chi connectivity index (χ1v) is 7.90. The molecule has 2 heterocycles. The van der Waals surface area contributed by atoms with Crippen LogP contribution in [0.3, 0.4) is 0 Å². The number of rotatable bonds is 2. The van der Waals surface area contributed by atoms with Gasteiger partial charge in [-0.25, -0.2) is 4.98 Å². The molecule has 114 valence electrons. The Morgan fingerprint density at radius 2 is 1.81 bits per heavy atom. The number of imidazole rings is 2. The molecule has 2 aromatic heterocycles. The van der Waals surface area contributed by atoms with Crippen LogP contribution < -0.4 is 0 Å². The van der Waals surface area contributed by atoms with E-state index in [1.54, 1.807) is 0 Å². The summed E-state index contributed by atoms with van der Waals surface area (Å²) < 4.78 is 4.51. The molecule has 1 atom stereocenters. The number of alkyl halides is 1. The van der Waals surface area contributed by atoms with E-state index >= 15 is 0 Å². The molecule has 0 spiro atoms. The van der Waals surface area contributed by atoms with Gasteiger partial charge in [0.2, 0.25) is 5.78 Å². The van der Waals surface area contributed by atoms with Crippen LogP contribution in [0.1, 0.15) is 33.4 Å². The van der Waals surface area contributed by atoms with Gasteiger partial charge in [-0.3, -0.25) is 4.40 Å². The van der Waals surface area contributed by atoms with Crippen LogP contribution in [0.2, 0.25) is 0 Å². The van der Waals surface area contributed by atoms with Crippen LogP contribution in [-0.4, -0.2) is 18.8 Å². The van der Waals surface area contributed by atoms with E-state index in [0.29, 0.717) is 4.83 Å².